The molecular formula is C10H14BrNO2S. The minimum absolute atomic E-state index is 0.00162. The Hall–Kier alpha value is -0.390. The van der Waals surface area contributed by atoms with Crippen molar-refractivity contribution in [2.75, 3.05) is 5.75 Å². The van der Waals surface area contributed by atoms with Crippen molar-refractivity contribution in [1.82, 2.24) is 0 Å². The van der Waals surface area contributed by atoms with Gasteiger partial charge in [0, 0.05) is 4.47 Å². The van der Waals surface area contributed by atoms with Gasteiger partial charge >= 0.3 is 0 Å². The van der Waals surface area contributed by atoms with Gasteiger partial charge in [-0.2, -0.15) is 0 Å². The van der Waals surface area contributed by atoms with Gasteiger partial charge in [-0.1, -0.05) is 28.9 Å². The largest absolute Gasteiger partial charge is 0.229 e. The Bertz CT molecular complexity index is 443. The topological polar surface area (TPSA) is 60.2 Å². The van der Waals surface area contributed by atoms with Crippen molar-refractivity contribution in [3.8, 4) is 0 Å². The number of hydrogen-bond donors (Lipinski definition) is 1. The summed E-state index contributed by atoms with van der Waals surface area (Å²) in [5, 5.41) is 4.97. The molecule has 0 amide bonds. The van der Waals surface area contributed by atoms with E-state index in [2.05, 4.69) is 15.9 Å². The second-order valence-corrected chi connectivity index (χ2v) is 6.03. The van der Waals surface area contributed by atoms with E-state index in [1.54, 1.807) is 0 Å². The number of halogens is 1. The molecule has 3 nitrogen and oxygen atoms in total. The number of rotatable bonds is 4. The molecule has 0 heterocycles. The molecule has 0 aliphatic carbocycles. The second kappa shape index (κ2) is 5.09. The van der Waals surface area contributed by atoms with Gasteiger partial charge in [0.2, 0.25) is 10.0 Å². The molecule has 15 heavy (non-hydrogen) atoms. The van der Waals surface area contributed by atoms with E-state index in [1.807, 2.05) is 25.1 Å². The van der Waals surface area contributed by atoms with Crippen LogP contribution in [0, 0.1) is 0 Å². The van der Waals surface area contributed by atoms with Crippen LogP contribution in [0.3, 0.4) is 0 Å². The second-order valence-electron chi connectivity index (χ2n) is 3.38. The van der Waals surface area contributed by atoms with Crippen LogP contribution in [0.15, 0.2) is 22.7 Å². The Labute approximate surface area is 98.9 Å². The summed E-state index contributed by atoms with van der Waals surface area (Å²) in [4.78, 5) is 0. The van der Waals surface area contributed by atoms with Crippen molar-refractivity contribution in [3.63, 3.8) is 0 Å². The average molecular weight is 292 g/mol. The first kappa shape index (κ1) is 12.7. The molecule has 0 aromatic heterocycles. The summed E-state index contributed by atoms with van der Waals surface area (Å²) in [6.07, 6.45) is 1.37. The van der Waals surface area contributed by atoms with Crippen LogP contribution in [0.2, 0.25) is 0 Å². The normalized spacial score (nSPS) is 11.7. The molecule has 0 fully saturated rings. The molecule has 0 aliphatic rings. The smallest absolute Gasteiger partial charge is 0.209 e. The van der Waals surface area contributed by atoms with E-state index < -0.39 is 10.0 Å². The van der Waals surface area contributed by atoms with E-state index in [0.717, 1.165) is 22.0 Å². The lowest BCUT2D eigenvalue weighted by Gasteiger charge is -2.07. The van der Waals surface area contributed by atoms with Gasteiger partial charge in [0.15, 0.2) is 0 Å². The van der Waals surface area contributed by atoms with E-state index in [1.165, 1.54) is 0 Å². The number of nitrogens with two attached hydrogens (primary N) is 1. The summed E-state index contributed by atoms with van der Waals surface area (Å²) in [7, 11) is -3.37. The minimum Gasteiger partial charge on any atom is -0.229 e. The third-order valence-electron chi connectivity index (χ3n) is 2.21. The Morgan fingerprint density at radius 1 is 1.33 bits per heavy atom. The molecule has 0 unspecified atom stereocenters. The summed E-state index contributed by atoms with van der Waals surface area (Å²) in [6, 6.07) is 5.87. The summed E-state index contributed by atoms with van der Waals surface area (Å²) >= 11 is 3.38. The molecule has 0 radical (unpaired) electrons. The third kappa shape index (κ3) is 4.32. The van der Waals surface area contributed by atoms with Gasteiger partial charge in [-0.25, -0.2) is 13.6 Å². The van der Waals surface area contributed by atoms with Gasteiger partial charge in [-0.15, -0.1) is 0 Å². The monoisotopic (exact) mass is 291 g/mol. The lowest BCUT2D eigenvalue weighted by molar-refractivity contribution is 0.597. The highest BCUT2D eigenvalue weighted by Crippen LogP contribution is 2.18. The van der Waals surface area contributed by atoms with E-state index in [-0.39, 0.29) is 5.75 Å². The van der Waals surface area contributed by atoms with Crippen LogP contribution in [0.4, 0.5) is 0 Å². The summed E-state index contributed by atoms with van der Waals surface area (Å²) in [6.45, 7) is 2.04. The van der Waals surface area contributed by atoms with Gasteiger partial charge < -0.3 is 0 Å². The molecule has 0 bridgehead atoms. The maximum atomic E-state index is 10.8. The molecule has 84 valence electrons. The molecule has 0 saturated heterocycles. The van der Waals surface area contributed by atoms with E-state index in [9.17, 15) is 8.42 Å². The zero-order chi connectivity index (χ0) is 11.5. The maximum absolute atomic E-state index is 10.8. The van der Waals surface area contributed by atoms with Crippen molar-refractivity contribution in [3.05, 3.63) is 33.8 Å². The number of benzene rings is 1. The highest BCUT2D eigenvalue weighted by atomic mass is 79.9. The Morgan fingerprint density at radius 2 is 2.00 bits per heavy atom. The van der Waals surface area contributed by atoms with Gasteiger partial charge in [0.25, 0.3) is 0 Å². The van der Waals surface area contributed by atoms with Crippen molar-refractivity contribution in [1.29, 1.82) is 0 Å². The van der Waals surface area contributed by atoms with Gasteiger partial charge in [-0.05, 0) is 36.1 Å². The molecule has 0 saturated carbocycles. The van der Waals surface area contributed by atoms with Crippen molar-refractivity contribution < 1.29 is 8.42 Å². The Morgan fingerprint density at radius 3 is 2.53 bits per heavy atom. The van der Waals surface area contributed by atoms with Crippen molar-refractivity contribution in [2.45, 2.75) is 19.8 Å². The zero-order valence-electron chi connectivity index (χ0n) is 8.53. The lowest BCUT2D eigenvalue weighted by atomic mass is 10.0. The van der Waals surface area contributed by atoms with Crippen LogP contribution >= 0.6 is 15.9 Å². The molecule has 5 heteroatoms. The first-order valence-electron chi connectivity index (χ1n) is 4.70. The predicted octanol–water partition coefficient (Wildman–Crippen LogP) is 1.84. The SMILES string of the molecule is CCc1cc(Br)ccc1CCS(N)(=O)=O. The fraction of sp³-hybridized carbons (Fsp3) is 0.400. The molecule has 0 aliphatic heterocycles. The molecule has 0 atom stereocenters. The fourth-order valence-corrected chi connectivity index (χ4v) is 2.33. The van der Waals surface area contributed by atoms with Crippen LogP contribution in [0.5, 0.6) is 0 Å². The van der Waals surface area contributed by atoms with Crippen LogP contribution in [0.1, 0.15) is 18.1 Å². The van der Waals surface area contributed by atoms with Crippen LogP contribution in [-0.4, -0.2) is 14.2 Å². The highest BCUT2D eigenvalue weighted by Gasteiger charge is 2.06. The Balaban J connectivity index is 2.85. The summed E-state index contributed by atoms with van der Waals surface area (Å²) in [5.74, 6) is 0.00162. The van der Waals surface area contributed by atoms with Crippen LogP contribution in [0.25, 0.3) is 0 Å². The quantitative estimate of drug-likeness (QED) is 0.920. The molecule has 1 aromatic rings. The van der Waals surface area contributed by atoms with Gasteiger partial charge in [0.05, 0.1) is 5.75 Å². The van der Waals surface area contributed by atoms with E-state index in [0.29, 0.717) is 6.42 Å². The molecule has 1 rings (SSSR count). The standard InChI is InChI=1S/C10H14BrNO2S/c1-2-8-7-10(11)4-3-9(8)5-6-15(12,13)14/h3-4,7H,2,5-6H2,1H3,(H2,12,13,14). The van der Waals surface area contributed by atoms with Crippen LogP contribution < -0.4 is 5.14 Å². The average Bonchev–Trinajstić information content (AvgIpc) is 2.14. The molecule has 0 spiro atoms. The maximum Gasteiger partial charge on any atom is 0.209 e. The van der Waals surface area contributed by atoms with Crippen molar-refractivity contribution in [2.24, 2.45) is 5.14 Å². The fourth-order valence-electron chi connectivity index (χ4n) is 1.42. The number of sulfonamides is 1. The molecule has 1 aromatic carbocycles. The minimum atomic E-state index is -3.37. The summed E-state index contributed by atoms with van der Waals surface area (Å²) in [5.41, 5.74) is 2.21. The van der Waals surface area contributed by atoms with Crippen molar-refractivity contribution >= 4 is 26.0 Å². The Kier molecular flexibility index (Phi) is 4.31. The lowest BCUT2D eigenvalue weighted by Crippen LogP contribution is -2.18. The highest BCUT2D eigenvalue weighted by molar-refractivity contribution is 9.10. The number of aryl methyl sites for hydroxylation is 2. The predicted molar refractivity (Wildman–Crippen MR) is 65.2 cm³/mol. The number of hydrogen-bond acceptors (Lipinski definition) is 2. The number of primary sulfonamides is 1. The van der Waals surface area contributed by atoms with Gasteiger partial charge in [0.1, 0.15) is 0 Å². The van der Waals surface area contributed by atoms with E-state index in [4.69, 9.17) is 5.14 Å². The zero-order valence-corrected chi connectivity index (χ0v) is 10.9. The summed E-state index contributed by atoms with van der Waals surface area (Å²) < 4.78 is 22.7. The van der Waals surface area contributed by atoms with E-state index >= 15 is 0 Å². The third-order valence-corrected chi connectivity index (χ3v) is 3.47. The van der Waals surface area contributed by atoms with Crippen LogP contribution in [-0.2, 0) is 22.9 Å². The first-order chi connectivity index (χ1) is 6.92. The first-order valence-corrected chi connectivity index (χ1v) is 7.21. The molecule has 2 N–H and O–H groups in total. The molecular weight excluding hydrogens is 278 g/mol. The van der Waals surface area contributed by atoms with Gasteiger partial charge in [-0.3, -0.25) is 0 Å².